The number of fused-ring (bicyclic) bond motifs is 9. The highest BCUT2D eigenvalue weighted by atomic mass is 15.1. The first kappa shape index (κ1) is 29.5. The molecular formula is C49H30N4. The van der Waals surface area contributed by atoms with Crippen LogP contribution in [0, 0.1) is 0 Å². The smallest absolute Gasteiger partial charge is 0.166 e. The van der Waals surface area contributed by atoms with Gasteiger partial charge in [-0.15, -0.1) is 0 Å². The van der Waals surface area contributed by atoms with Gasteiger partial charge in [-0.3, -0.25) is 0 Å². The summed E-state index contributed by atoms with van der Waals surface area (Å²) >= 11 is 0. The summed E-state index contributed by atoms with van der Waals surface area (Å²) in [5, 5.41) is 12.0. The number of para-hydroxylation sites is 2. The number of hydrogen-bond acceptors (Lipinski definition) is 3. The van der Waals surface area contributed by atoms with Gasteiger partial charge in [0.25, 0.3) is 0 Å². The molecule has 0 bridgehead atoms. The van der Waals surface area contributed by atoms with E-state index in [1.165, 1.54) is 43.1 Å². The normalized spacial score (nSPS) is 11.8. The molecule has 11 rings (SSSR count). The molecule has 9 aromatic carbocycles. The van der Waals surface area contributed by atoms with Crippen LogP contribution in [0.15, 0.2) is 182 Å². The van der Waals surface area contributed by atoms with E-state index in [-0.39, 0.29) is 0 Å². The van der Waals surface area contributed by atoms with Crippen molar-refractivity contribution in [1.82, 2.24) is 19.5 Å². The van der Waals surface area contributed by atoms with Crippen molar-refractivity contribution in [2.24, 2.45) is 0 Å². The van der Waals surface area contributed by atoms with Crippen molar-refractivity contribution in [2.75, 3.05) is 0 Å². The Morgan fingerprint density at radius 1 is 0.321 bits per heavy atom. The van der Waals surface area contributed by atoms with Crippen LogP contribution in [0.3, 0.4) is 0 Å². The third-order valence-corrected chi connectivity index (χ3v) is 10.6. The minimum absolute atomic E-state index is 0.625. The summed E-state index contributed by atoms with van der Waals surface area (Å²) in [4.78, 5) is 15.8. The molecule has 4 nitrogen and oxygen atoms in total. The fraction of sp³-hybridized carbons (Fsp3) is 0. The molecule has 0 spiro atoms. The maximum atomic E-state index is 5.35. The Bertz CT molecular complexity index is 3170. The Labute approximate surface area is 305 Å². The lowest BCUT2D eigenvalue weighted by atomic mass is 9.95. The summed E-state index contributed by atoms with van der Waals surface area (Å²) in [6, 6.07) is 64.5. The van der Waals surface area contributed by atoms with E-state index in [9.17, 15) is 0 Å². The monoisotopic (exact) mass is 674 g/mol. The van der Waals surface area contributed by atoms with Crippen molar-refractivity contribution in [3.63, 3.8) is 0 Å². The van der Waals surface area contributed by atoms with Crippen molar-refractivity contribution in [3.05, 3.63) is 182 Å². The minimum atomic E-state index is 0.625. The number of rotatable bonds is 4. The molecule has 2 heterocycles. The first-order valence-electron chi connectivity index (χ1n) is 18.0. The average molecular weight is 675 g/mol. The largest absolute Gasteiger partial charge is 0.308 e. The van der Waals surface area contributed by atoms with Crippen molar-refractivity contribution in [2.45, 2.75) is 0 Å². The second-order valence-corrected chi connectivity index (χ2v) is 13.6. The molecule has 11 aromatic rings. The summed E-state index contributed by atoms with van der Waals surface area (Å²) in [6.07, 6.45) is 0. The van der Waals surface area contributed by atoms with E-state index in [1.807, 2.05) is 18.2 Å². The summed E-state index contributed by atoms with van der Waals surface area (Å²) < 4.78 is 2.39. The quantitative estimate of drug-likeness (QED) is 0.175. The van der Waals surface area contributed by atoms with Crippen LogP contribution in [0.25, 0.3) is 105 Å². The molecule has 0 fully saturated rings. The van der Waals surface area contributed by atoms with Gasteiger partial charge in [0.1, 0.15) is 0 Å². The molecule has 0 unspecified atom stereocenters. The minimum Gasteiger partial charge on any atom is -0.308 e. The zero-order valence-corrected chi connectivity index (χ0v) is 28.6. The molecular weight excluding hydrogens is 645 g/mol. The van der Waals surface area contributed by atoms with Crippen LogP contribution >= 0.6 is 0 Å². The summed E-state index contributed by atoms with van der Waals surface area (Å²) in [5.74, 6) is 1.89. The molecule has 2 aromatic heterocycles. The highest BCUT2D eigenvalue weighted by molar-refractivity contribution is 6.20. The van der Waals surface area contributed by atoms with Gasteiger partial charge in [-0.05, 0) is 62.0 Å². The highest BCUT2D eigenvalue weighted by Crippen LogP contribution is 2.40. The zero-order chi connectivity index (χ0) is 34.9. The summed E-state index contributed by atoms with van der Waals surface area (Å²) in [6.45, 7) is 0. The SMILES string of the molecule is c1ccc(-c2nc(-c3ccc4ccc5ccc6ccccc6c5c4c3)nc(-c3ccc4ccccc4c3-n3c4ccccc4c4ccccc43)n2)cc1. The molecule has 246 valence electrons. The molecule has 0 saturated heterocycles. The van der Waals surface area contributed by atoms with E-state index in [4.69, 9.17) is 15.0 Å². The van der Waals surface area contributed by atoms with E-state index in [2.05, 4.69) is 168 Å². The van der Waals surface area contributed by atoms with E-state index in [0.29, 0.717) is 17.5 Å². The van der Waals surface area contributed by atoms with Crippen molar-refractivity contribution < 1.29 is 0 Å². The van der Waals surface area contributed by atoms with Crippen LogP contribution in [0.4, 0.5) is 0 Å². The van der Waals surface area contributed by atoms with Crippen molar-refractivity contribution in [3.8, 4) is 39.9 Å². The number of hydrogen-bond donors (Lipinski definition) is 0. The first-order valence-corrected chi connectivity index (χ1v) is 18.0. The molecule has 0 aliphatic carbocycles. The Kier molecular flexibility index (Phi) is 6.52. The highest BCUT2D eigenvalue weighted by Gasteiger charge is 2.21. The fourth-order valence-electron chi connectivity index (χ4n) is 8.15. The predicted molar refractivity (Wildman–Crippen MR) is 220 cm³/mol. The van der Waals surface area contributed by atoms with Gasteiger partial charge in [0.2, 0.25) is 0 Å². The maximum Gasteiger partial charge on any atom is 0.166 e. The van der Waals surface area contributed by atoms with Gasteiger partial charge >= 0.3 is 0 Å². The molecule has 0 aliphatic rings. The molecule has 53 heavy (non-hydrogen) atoms. The summed E-state index contributed by atoms with van der Waals surface area (Å²) in [7, 11) is 0. The first-order chi connectivity index (χ1) is 26.3. The van der Waals surface area contributed by atoms with Crippen LogP contribution in [0.1, 0.15) is 0 Å². The fourth-order valence-corrected chi connectivity index (χ4v) is 8.15. The van der Waals surface area contributed by atoms with Gasteiger partial charge in [0.05, 0.1) is 16.7 Å². The van der Waals surface area contributed by atoms with Crippen molar-refractivity contribution in [1.29, 1.82) is 0 Å². The van der Waals surface area contributed by atoms with Gasteiger partial charge < -0.3 is 4.57 Å². The standard InChI is InChI=1S/C49H30N4/c1-2-14-35(15-3-1)47-50-48(36-27-24-33-23-26-34-25-22-31-12-4-6-16-37(31)45(34)42(33)30-36)52-49(51-47)41-29-28-32-13-5-7-17-38(32)46(41)53-43-20-10-8-18-39(43)40-19-9-11-21-44(40)53/h1-30H. The Morgan fingerprint density at radius 2 is 0.811 bits per heavy atom. The molecule has 0 radical (unpaired) electrons. The molecule has 0 N–H and O–H groups in total. The van der Waals surface area contributed by atoms with Crippen LogP contribution in [-0.4, -0.2) is 19.5 Å². The Hall–Kier alpha value is -7.17. The number of aromatic nitrogens is 4. The molecule has 0 atom stereocenters. The average Bonchev–Trinajstić information content (AvgIpc) is 3.57. The zero-order valence-electron chi connectivity index (χ0n) is 28.6. The maximum absolute atomic E-state index is 5.35. The van der Waals surface area contributed by atoms with Gasteiger partial charge in [-0.1, -0.05) is 158 Å². The van der Waals surface area contributed by atoms with Crippen LogP contribution in [0.2, 0.25) is 0 Å². The Morgan fingerprint density at radius 3 is 1.53 bits per heavy atom. The predicted octanol–water partition coefficient (Wildman–Crippen LogP) is 12.6. The lowest BCUT2D eigenvalue weighted by Crippen LogP contribution is -2.04. The third-order valence-electron chi connectivity index (χ3n) is 10.6. The topological polar surface area (TPSA) is 43.6 Å². The van der Waals surface area contributed by atoms with E-state index in [0.717, 1.165) is 44.2 Å². The third kappa shape index (κ3) is 4.66. The van der Waals surface area contributed by atoms with Gasteiger partial charge in [-0.25, -0.2) is 15.0 Å². The molecule has 4 heteroatoms. The number of benzene rings is 9. The molecule has 0 aliphatic heterocycles. The van der Waals surface area contributed by atoms with Gasteiger partial charge in [0, 0.05) is 32.8 Å². The lowest BCUT2D eigenvalue weighted by Gasteiger charge is -2.17. The van der Waals surface area contributed by atoms with Crippen molar-refractivity contribution >= 4 is 64.9 Å². The van der Waals surface area contributed by atoms with Gasteiger partial charge in [-0.2, -0.15) is 0 Å². The van der Waals surface area contributed by atoms with E-state index >= 15 is 0 Å². The van der Waals surface area contributed by atoms with Crippen LogP contribution in [0.5, 0.6) is 0 Å². The van der Waals surface area contributed by atoms with Gasteiger partial charge in [0.15, 0.2) is 17.5 Å². The van der Waals surface area contributed by atoms with E-state index < -0.39 is 0 Å². The summed E-state index contributed by atoms with van der Waals surface area (Å²) in [5.41, 5.74) is 6.14. The second-order valence-electron chi connectivity index (χ2n) is 13.6. The second kappa shape index (κ2) is 11.7. The van der Waals surface area contributed by atoms with Crippen LogP contribution < -0.4 is 0 Å². The van der Waals surface area contributed by atoms with Crippen LogP contribution in [-0.2, 0) is 0 Å². The molecule has 0 amide bonds. The number of nitrogens with zero attached hydrogens (tertiary/aromatic N) is 4. The lowest BCUT2D eigenvalue weighted by molar-refractivity contribution is 1.07. The Balaban J connectivity index is 1.22. The molecule has 0 saturated carbocycles. The van der Waals surface area contributed by atoms with E-state index in [1.54, 1.807) is 0 Å².